The number of hydrogen-bond donors (Lipinski definition) is 4. The van der Waals surface area contributed by atoms with Crippen LogP contribution < -0.4 is 5.32 Å². The van der Waals surface area contributed by atoms with E-state index in [1.54, 1.807) is 0 Å². The number of allylic oxidation sites excluding steroid dienone is 2. The third kappa shape index (κ3) is 7.03. The molecule has 4 N–H and O–H groups in total. The Hall–Kier alpha value is -0.460. The smallest absolute Gasteiger partial charge is 0.0897 e. The molecule has 19 heavy (non-hydrogen) atoms. The molecule has 0 saturated carbocycles. The molecule has 5 heteroatoms. The van der Waals surface area contributed by atoms with Crippen molar-refractivity contribution in [3.63, 3.8) is 0 Å². The maximum atomic E-state index is 9.68. The molecule has 0 spiro atoms. The molecule has 5 nitrogen and oxygen atoms in total. The largest absolute Gasteiger partial charge is 0.394 e. The van der Waals surface area contributed by atoms with Crippen LogP contribution in [0.4, 0.5) is 0 Å². The monoisotopic (exact) mass is 273 g/mol. The first-order valence-corrected chi connectivity index (χ1v) is 7.04. The van der Waals surface area contributed by atoms with Crippen LogP contribution in [0.1, 0.15) is 19.8 Å². The first-order chi connectivity index (χ1) is 9.13. The molecule has 1 aliphatic rings. The summed E-state index contributed by atoms with van der Waals surface area (Å²) in [7, 11) is 0. The fraction of sp³-hybridized carbons (Fsp3) is 0.857. The summed E-state index contributed by atoms with van der Waals surface area (Å²) < 4.78 is 5.55. The fourth-order valence-corrected chi connectivity index (χ4v) is 2.13. The van der Waals surface area contributed by atoms with E-state index in [1.165, 1.54) is 0 Å². The maximum Gasteiger partial charge on any atom is 0.0897 e. The highest BCUT2D eigenvalue weighted by Crippen LogP contribution is 2.24. The second-order valence-electron chi connectivity index (χ2n) is 5.37. The van der Waals surface area contributed by atoms with Gasteiger partial charge in [0.15, 0.2) is 0 Å². The van der Waals surface area contributed by atoms with Crippen LogP contribution in [0.5, 0.6) is 0 Å². The summed E-state index contributed by atoms with van der Waals surface area (Å²) in [6.07, 6.45) is 5.22. The van der Waals surface area contributed by atoms with Crippen molar-refractivity contribution in [2.75, 3.05) is 32.9 Å². The summed E-state index contributed by atoms with van der Waals surface area (Å²) in [4.78, 5) is 0. The molecule has 0 saturated heterocycles. The number of ether oxygens (including phenoxy) is 1. The number of hydrogen-bond acceptors (Lipinski definition) is 5. The van der Waals surface area contributed by atoms with Crippen molar-refractivity contribution in [1.29, 1.82) is 0 Å². The average molecular weight is 273 g/mol. The average Bonchev–Trinajstić information content (AvgIpc) is 2.40. The molecule has 4 unspecified atom stereocenters. The van der Waals surface area contributed by atoms with Gasteiger partial charge in [-0.25, -0.2) is 0 Å². The lowest BCUT2D eigenvalue weighted by Gasteiger charge is -2.25. The third-order valence-corrected chi connectivity index (χ3v) is 3.53. The summed E-state index contributed by atoms with van der Waals surface area (Å²) in [6, 6.07) is 0. The van der Waals surface area contributed by atoms with E-state index >= 15 is 0 Å². The summed E-state index contributed by atoms with van der Waals surface area (Å²) in [5, 5.41) is 30.3. The lowest BCUT2D eigenvalue weighted by molar-refractivity contribution is 0.0109. The molecule has 0 fully saturated rings. The van der Waals surface area contributed by atoms with Crippen LogP contribution >= 0.6 is 0 Å². The van der Waals surface area contributed by atoms with E-state index in [0.29, 0.717) is 31.6 Å². The lowest BCUT2D eigenvalue weighted by Crippen LogP contribution is -2.36. The highest BCUT2D eigenvalue weighted by atomic mass is 16.5. The normalized spacial score (nSPS) is 26.3. The molecule has 4 atom stereocenters. The van der Waals surface area contributed by atoms with Crippen molar-refractivity contribution < 1.29 is 20.1 Å². The van der Waals surface area contributed by atoms with Crippen LogP contribution in [-0.4, -0.2) is 60.4 Å². The van der Waals surface area contributed by atoms with Crippen LogP contribution in [0, 0.1) is 11.8 Å². The molecule has 0 bridgehead atoms. The SMILES string of the molecule is CC1CC=CCC1COCC(O)CNCC(O)CO. The van der Waals surface area contributed by atoms with E-state index in [4.69, 9.17) is 14.9 Å². The van der Waals surface area contributed by atoms with Crippen LogP contribution in [0.3, 0.4) is 0 Å². The first-order valence-electron chi connectivity index (χ1n) is 7.04. The Bertz CT molecular complexity index is 260. The van der Waals surface area contributed by atoms with E-state index in [2.05, 4.69) is 24.4 Å². The second kappa shape index (κ2) is 9.44. The van der Waals surface area contributed by atoms with Crippen LogP contribution in [0.25, 0.3) is 0 Å². The van der Waals surface area contributed by atoms with Gasteiger partial charge in [-0.1, -0.05) is 19.1 Å². The summed E-state index contributed by atoms with van der Waals surface area (Å²) >= 11 is 0. The predicted octanol–water partition coefficient (Wildman–Crippen LogP) is -0.0910. The van der Waals surface area contributed by atoms with Gasteiger partial charge in [-0.05, 0) is 24.7 Å². The zero-order valence-corrected chi connectivity index (χ0v) is 11.7. The Labute approximate surface area is 115 Å². The number of nitrogens with one attached hydrogen (secondary N) is 1. The van der Waals surface area contributed by atoms with Crippen molar-refractivity contribution in [3.8, 4) is 0 Å². The fourth-order valence-electron chi connectivity index (χ4n) is 2.13. The molecular weight excluding hydrogens is 246 g/mol. The zero-order valence-electron chi connectivity index (χ0n) is 11.7. The van der Waals surface area contributed by atoms with Gasteiger partial charge in [0.2, 0.25) is 0 Å². The van der Waals surface area contributed by atoms with E-state index in [0.717, 1.165) is 12.8 Å². The molecule has 0 amide bonds. The van der Waals surface area contributed by atoms with Gasteiger partial charge < -0.3 is 25.4 Å². The quantitative estimate of drug-likeness (QED) is 0.441. The van der Waals surface area contributed by atoms with E-state index in [9.17, 15) is 5.11 Å². The van der Waals surface area contributed by atoms with Gasteiger partial charge in [0.1, 0.15) is 0 Å². The molecule has 0 radical (unpaired) electrons. The Morgan fingerprint density at radius 2 is 1.89 bits per heavy atom. The van der Waals surface area contributed by atoms with E-state index in [-0.39, 0.29) is 13.2 Å². The van der Waals surface area contributed by atoms with Gasteiger partial charge in [-0.15, -0.1) is 0 Å². The van der Waals surface area contributed by atoms with E-state index < -0.39 is 12.2 Å². The van der Waals surface area contributed by atoms with Gasteiger partial charge in [0.05, 0.1) is 32.0 Å². The van der Waals surface area contributed by atoms with Crippen molar-refractivity contribution >= 4 is 0 Å². The van der Waals surface area contributed by atoms with Gasteiger partial charge >= 0.3 is 0 Å². The van der Waals surface area contributed by atoms with Crippen molar-refractivity contribution in [1.82, 2.24) is 5.32 Å². The highest BCUT2D eigenvalue weighted by Gasteiger charge is 2.18. The molecular formula is C14H27NO4. The van der Waals surface area contributed by atoms with Crippen molar-refractivity contribution in [2.45, 2.75) is 32.0 Å². The number of aliphatic hydroxyl groups is 3. The molecule has 1 rings (SSSR count). The number of aliphatic hydroxyl groups excluding tert-OH is 3. The highest BCUT2D eigenvalue weighted by molar-refractivity contribution is 4.93. The molecule has 0 aromatic heterocycles. The van der Waals surface area contributed by atoms with Crippen LogP contribution in [0.2, 0.25) is 0 Å². The lowest BCUT2D eigenvalue weighted by atomic mass is 9.85. The minimum atomic E-state index is -0.775. The molecule has 0 aliphatic heterocycles. The standard InChI is InChI=1S/C14H27NO4/c1-11-4-2-3-5-12(11)9-19-10-14(18)7-15-6-13(17)8-16/h2-3,11-18H,4-10H2,1H3. The first kappa shape index (κ1) is 16.6. The Kier molecular flexibility index (Phi) is 8.25. The van der Waals surface area contributed by atoms with Gasteiger partial charge in [-0.2, -0.15) is 0 Å². The Morgan fingerprint density at radius 1 is 1.21 bits per heavy atom. The summed E-state index contributed by atoms with van der Waals surface area (Å²) in [6.45, 7) is 3.57. The minimum absolute atomic E-state index is 0.271. The van der Waals surface area contributed by atoms with Gasteiger partial charge in [-0.3, -0.25) is 0 Å². The molecule has 0 heterocycles. The van der Waals surface area contributed by atoms with Gasteiger partial charge in [0, 0.05) is 13.1 Å². The predicted molar refractivity (Wildman–Crippen MR) is 73.8 cm³/mol. The maximum absolute atomic E-state index is 9.68. The zero-order chi connectivity index (χ0) is 14.1. The van der Waals surface area contributed by atoms with Crippen molar-refractivity contribution in [2.24, 2.45) is 11.8 Å². The molecule has 112 valence electrons. The summed E-state index contributed by atoms with van der Waals surface area (Å²) in [5.74, 6) is 1.18. The van der Waals surface area contributed by atoms with Gasteiger partial charge in [0.25, 0.3) is 0 Å². The Morgan fingerprint density at radius 3 is 2.58 bits per heavy atom. The molecule has 0 aromatic carbocycles. The minimum Gasteiger partial charge on any atom is -0.394 e. The van der Waals surface area contributed by atoms with Crippen molar-refractivity contribution in [3.05, 3.63) is 12.2 Å². The van der Waals surface area contributed by atoms with Crippen LogP contribution in [-0.2, 0) is 4.74 Å². The summed E-state index contributed by atoms with van der Waals surface area (Å²) in [5.41, 5.74) is 0. The topological polar surface area (TPSA) is 82.0 Å². The molecule has 1 aliphatic carbocycles. The molecule has 0 aromatic rings. The third-order valence-electron chi connectivity index (χ3n) is 3.53. The van der Waals surface area contributed by atoms with Crippen LogP contribution in [0.15, 0.2) is 12.2 Å². The van der Waals surface area contributed by atoms with E-state index in [1.807, 2.05) is 0 Å². The number of rotatable bonds is 9. The Balaban J connectivity index is 2.03. The second-order valence-corrected chi connectivity index (χ2v) is 5.37.